The Morgan fingerprint density at radius 3 is 2.43 bits per heavy atom. The monoisotopic (exact) mass is 387 g/mol. The Labute approximate surface area is 163 Å². The minimum Gasteiger partial charge on any atom is -0.359 e. The van der Waals surface area contributed by atoms with E-state index >= 15 is 0 Å². The quantitative estimate of drug-likeness (QED) is 0.599. The number of imide groups is 1. The molecule has 150 valence electrons. The third kappa shape index (κ3) is 4.30. The van der Waals surface area contributed by atoms with E-state index in [1.165, 1.54) is 4.90 Å². The summed E-state index contributed by atoms with van der Waals surface area (Å²) in [5, 5.41) is 7.80. The fourth-order valence-electron chi connectivity index (χ4n) is 3.65. The summed E-state index contributed by atoms with van der Waals surface area (Å²) in [7, 11) is 3.61. The van der Waals surface area contributed by atoms with Gasteiger partial charge < -0.3 is 10.6 Å². The summed E-state index contributed by atoms with van der Waals surface area (Å²) < 4.78 is 0. The van der Waals surface area contributed by atoms with Crippen molar-refractivity contribution < 1.29 is 19.2 Å². The molecule has 2 aliphatic heterocycles. The first-order valence-corrected chi connectivity index (χ1v) is 9.31. The molecule has 0 saturated carbocycles. The van der Waals surface area contributed by atoms with E-state index in [1.54, 1.807) is 31.3 Å². The Morgan fingerprint density at radius 1 is 1.14 bits per heavy atom. The second-order valence-corrected chi connectivity index (χ2v) is 7.12. The van der Waals surface area contributed by atoms with Gasteiger partial charge in [-0.25, -0.2) is 4.79 Å². The molecule has 0 unspecified atom stereocenters. The molecule has 28 heavy (non-hydrogen) atoms. The van der Waals surface area contributed by atoms with E-state index in [9.17, 15) is 19.2 Å². The van der Waals surface area contributed by atoms with Gasteiger partial charge in [0, 0.05) is 43.3 Å². The zero-order valence-electron chi connectivity index (χ0n) is 16.0. The van der Waals surface area contributed by atoms with Crippen molar-refractivity contribution in [2.24, 2.45) is 0 Å². The number of rotatable bonds is 6. The zero-order valence-corrected chi connectivity index (χ0v) is 16.0. The van der Waals surface area contributed by atoms with Crippen molar-refractivity contribution in [2.75, 3.05) is 32.1 Å². The molecule has 1 aromatic carbocycles. The van der Waals surface area contributed by atoms with Gasteiger partial charge in [-0.05, 0) is 44.2 Å². The average Bonchev–Trinajstić information content (AvgIpc) is 3.21. The number of urea groups is 1. The maximum absolute atomic E-state index is 12.4. The summed E-state index contributed by atoms with van der Waals surface area (Å²) >= 11 is 0. The summed E-state index contributed by atoms with van der Waals surface area (Å²) in [5.41, 5.74) is 1.05. The third-order valence-corrected chi connectivity index (χ3v) is 5.42. The van der Waals surface area contributed by atoms with Crippen LogP contribution in [0, 0.1) is 0 Å². The lowest BCUT2D eigenvalue weighted by Gasteiger charge is -2.25. The first kappa shape index (κ1) is 19.8. The van der Waals surface area contributed by atoms with Crippen LogP contribution >= 0.6 is 0 Å². The number of hydrogen-bond acceptors (Lipinski definition) is 5. The number of nitrogens with one attached hydrogen (secondary N) is 3. The van der Waals surface area contributed by atoms with Crippen molar-refractivity contribution in [3.63, 3.8) is 0 Å². The molecule has 2 fully saturated rings. The van der Waals surface area contributed by atoms with Crippen LogP contribution in [0.1, 0.15) is 29.6 Å². The summed E-state index contributed by atoms with van der Waals surface area (Å²) in [6, 6.07) is 6.48. The van der Waals surface area contributed by atoms with Crippen molar-refractivity contribution in [3.8, 4) is 0 Å². The first-order chi connectivity index (χ1) is 13.4. The minimum atomic E-state index is -0.460. The van der Waals surface area contributed by atoms with Crippen LogP contribution in [0.2, 0.25) is 0 Å². The van der Waals surface area contributed by atoms with Crippen LogP contribution in [-0.4, -0.2) is 67.9 Å². The van der Waals surface area contributed by atoms with E-state index in [0.717, 1.165) is 12.8 Å². The molecule has 0 aliphatic carbocycles. The molecule has 9 heteroatoms. The first-order valence-electron chi connectivity index (χ1n) is 9.31. The van der Waals surface area contributed by atoms with Crippen molar-refractivity contribution in [1.82, 2.24) is 20.9 Å². The summed E-state index contributed by atoms with van der Waals surface area (Å²) in [6.07, 6.45) is 2.32. The highest BCUT2D eigenvalue weighted by Crippen LogP contribution is 2.24. The van der Waals surface area contributed by atoms with Crippen molar-refractivity contribution in [2.45, 2.75) is 31.3 Å². The highest BCUT2D eigenvalue weighted by Gasteiger charge is 2.32. The molecule has 3 N–H and O–H groups in total. The molecule has 9 nitrogen and oxygen atoms in total. The third-order valence-electron chi connectivity index (χ3n) is 5.42. The molecule has 2 heterocycles. The Hall–Kier alpha value is -2.94. The van der Waals surface area contributed by atoms with E-state index in [1.807, 2.05) is 7.05 Å². The van der Waals surface area contributed by atoms with Gasteiger partial charge in [0.2, 0.25) is 11.8 Å². The Kier molecular flexibility index (Phi) is 5.93. The minimum absolute atomic E-state index is 0.0182. The van der Waals surface area contributed by atoms with Gasteiger partial charge in [0.25, 0.3) is 5.91 Å². The molecule has 0 radical (unpaired) electrons. The molecule has 2 atom stereocenters. The molecule has 3 rings (SSSR count). The SMILES string of the molecule is CNC(=O)C[C@H]1CC[C@@H](CNC(=O)c2ccc(N3CC(=O)NC3=O)cc2)N1C. The van der Waals surface area contributed by atoms with Gasteiger partial charge in [-0.2, -0.15) is 0 Å². The number of anilines is 1. The van der Waals surface area contributed by atoms with E-state index in [0.29, 0.717) is 24.2 Å². The predicted octanol–water partition coefficient (Wildman–Crippen LogP) is 0.0715. The summed E-state index contributed by atoms with van der Waals surface area (Å²) in [6.45, 7) is 0.486. The largest absolute Gasteiger partial charge is 0.359 e. The molecular weight excluding hydrogens is 362 g/mol. The normalized spacial score (nSPS) is 22.3. The van der Waals surface area contributed by atoms with Crippen molar-refractivity contribution in [3.05, 3.63) is 29.8 Å². The van der Waals surface area contributed by atoms with Crippen LogP contribution < -0.4 is 20.9 Å². The smallest absolute Gasteiger partial charge is 0.329 e. The van der Waals surface area contributed by atoms with E-state index in [2.05, 4.69) is 20.9 Å². The van der Waals surface area contributed by atoms with Gasteiger partial charge in [0.05, 0.1) is 0 Å². The maximum atomic E-state index is 12.4. The second-order valence-electron chi connectivity index (χ2n) is 7.12. The molecule has 2 aliphatic rings. The Balaban J connectivity index is 1.52. The lowest BCUT2D eigenvalue weighted by molar-refractivity contribution is -0.121. The highest BCUT2D eigenvalue weighted by molar-refractivity contribution is 6.12. The lowest BCUT2D eigenvalue weighted by atomic mass is 10.1. The van der Waals surface area contributed by atoms with E-state index < -0.39 is 6.03 Å². The molecule has 5 amide bonds. The molecule has 0 spiro atoms. The number of hydrogen-bond donors (Lipinski definition) is 3. The van der Waals surface area contributed by atoms with Crippen LogP contribution in [0.4, 0.5) is 10.5 Å². The van der Waals surface area contributed by atoms with Gasteiger partial charge in [-0.3, -0.25) is 29.5 Å². The number of likely N-dealkylation sites (tertiary alicyclic amines) is 1. The number of likely N-dealkylation sites (N-methyl/N-ethyl adjacent to an activating group) is 1. The van der Waals surface area contributed by atoms with Crippen molar-refractivity contribution in [1.29, 1.82) is 0 Å². The molecule has 0 aromatic heterocycles. The molecule has 1 aromatic rings. The standard InChI is InChI=1S/C19H25N5O4/c1-20-16(25)9-14-7-8-15(23(14)2)10-21-18(27)12-3-5-13(6-4-12)24-11-17(26)22-19(24)28/h3-6,14-15H,7-11H2,1-2H3,(H,20,25)(H,21,27)(H,22,26,28)/t14-,15+/m1/s1. The van der Waals surface area contributed by atoms with Crippen LogP contribution in [0.15, 0.2) is 24.3 Å². The molecule has 2 saturated heterocycles. The van der Waals surface area contributed by atoms with Crippen molar-refractivity contribution >= 4 is 29.4 Å². The van der Waals surface area contributed by atoms with Gasteiger partial charge >= 0.3 is 6.03 Å². The number of carbonyl (C=O) groups excluding carboxylic acids is 4. The predicted molar refractivity (Wildman–Crippen MR) is 103 cm³/mol. The van der Waals surface area contributed by atoms with Gasteiger partial charge in [-0.15, -0.1) is 0 Å². The summed E-state index contributed by atoms with van der Waals surface area (Å²) in [5.74, 6) is -0.520. The number of benzene rings is 1. The fourth-order valence-corrected chi connectivity index (χ4v) is 3.65. The summed E-state index contributed by atoms with van der Waals surface area (Å²) in [4.78, 5) is 50.4. The van der Waals surface area contributed by atoms with Crippen LogP contribution in [0.3, 0.4) is 0 Å². The maximum Gasteiger partial charge on any atom is 0.329 e. The molecule has 0 bridgehead atoms. The van der Waals surface area contributed by atoms with Gasteiger partial charge in [-0.1, -0.05) is 0 Å². The Bertz CT molecular complexity index is 779. The lowest BCUT2D eigenvalue weighted by Crippen LogP contribution is -2.42. The average molecular weight is 387 g/mol. The Morgan fingerprint density at radius 2 is 1.82 bits per heavy atom. The van der Waals surface area contributed by atoms with Crippen LogP contribution in [-0.2, 0) is 9.59 Å². The van der Waals surface area contributed by atoms with E-state index in [4.69, 9.17) is 0 Å². The van der Waals surface area contributed by atoms with Crippen LogP contribution in [0.5, 0.6) is 0 Å². The molecular formula is C19H25N5O4. The topological polar surface area (TPSA) is 111 Å². The number of amides is 5. The van der Waals surface area contributed by atoms with Gasteiger partial charge in [0.1, 0.15) is 6.54 Å². The highest BCUT2D eigenvalue weighted by atomic mass is 16.2. The van der Waals surface area contributed by atoms with Gasteiger partial charge in [0.15, 0.2) is 0 Å². The second kappa shape index (κ2) is 8.39. The van der Waals surface area contributed by atoms with Crippen LogP contribution in [0.25, 0.3) is 0 Å². The fraction of sp³-hybridized carbons (Fsp3) is 0.474. The zero-order chi connectivity index (χ0) is 20.3. The number of nitrogens with zero attached hydrogens (tertiary/aromatic N) is 2. The van der Waals surface area contributed by atoms with E-state index in [-0.39, 0.29) is 36.3 Å². The number of carbonyl (C=O) groups is 4.